The Kier molecular flexibility index (Phi) is 7.53. The van der Waals surface area contributed by atoms with E-state index in [4.69, 9.17) is 0 Å². The third kappa shape index (κ3) is 5.97. The molecule has 1 rings (SSSR count). The fraction of sp³-hybridized carbons (Fsp3) is 0.818. The number of carbonyl (C=O) groups excluding carboxylic acids is 2. The van der Waals surface area contributed by atoms with E-state index in [1.165, 1.54) is 25.5 Å². The van der Waals surface area contributed by atoms with Crippen LogP contribution in [0.3, 0.4) is 0 Å². The molecule has 0 bridgehead atoms. The third-order valence-electron chi connectivity index (χ3n) is 2.47. The molecule has 0 aromatic rings. The molecule has 1 aliphatic heterocycles. The smallest absolute Gasteiger partial charge is 0.329 e. The van der Waals surface area contributed by atoms with Gasteiger partial charge < -0.3 is 15.4 Å². The molecular weight excluding hydrogens is 272 g/mol. The topological polar surface area (TPSA) is 67.4 Å². The van der Waals surface area contributed by atoms with E-state index in [1.54, 1.807) is 0 Å². The van der Waals surface area contributed by atoms with Crippen LogP contribution in [0, 0.1) is 0 Å². The van der Waals surface area contributed by atoms with Crippen molar-refractivity contribution < 1.29 is 14.3 Å². The van der Waals surface area contributed by atoms with Crippen molar-refractivity contribution in [1.29, 1.82) is 0 Å². The van der Waals surface area contributed by atoms with Crippen LogP contribution in [0.15, 0.2) is 0 Å². The molecule has 104 valence electrons. The first kappa shape index (κ1) is 15.7. The Morgan fingerprint density at radius 2 is 2.22 bits per heavy atom. The summed E-state index contributed by atoms with van der Waals surface area (Å²) in [5.74, 6) is 2.90. The Morgan fingerprint density at radius 3 is 2.78 bits per heavy atom. The van der Waals surface area contributed by atoms with Crippen LogP contribution in [0.5, 0.6) is 0 Å². The van der Waals surface area contributed by atoms with Crippen molar-refractivity contribution in [2.24, 2.45) is 0 Å². The lowest BCUT2D eigenvalue weighted by Crippen LogP contribution is -2.48. The molecule has 2 atom stereocenters. The molecule has 0 aromatic heterocycles. The summed E-state index contributed by atoms with van der Waals surface area (Å²) in [5, 5.41) is 6.39. The SMILES string of the molecule is COC(=O)C(CNCC1CSCCS1)NC(C)=O. The zero-order chi connectivity index (χ0) is 13.4. The highest BCUT2D eigenvalue weighted by Gasteiger charge is 2.20. The molecule has 1 amide bonds. The number of rotatable bonds is 6. The van der Waals surface area contributed by atoms with Gasteiger partial charge in [-0.05, 0) is 0 Å². The van der Waals surface area contributed by atoms with Crippen LogP contribution in [0.2, 0.25) is 0 Å². The van der Waals surface area contributed by atoms with Gasteiger partial charge in [0.25, 0.3) is 0 Å². The minimum Gasteiger partial charge on any atom is -0.467 e. The molecule has 1 heterocycles. The first-order chi connectivity index (χ1) is 8.63. The molecule has 5 nitrogen and oxygen atoms in total. The Balaban J connectivity index is 2.27. The van der Waals surface area contributed by atoms with Crippen molar-refractivity contribution in [2.75, 3.05) is 37.5 Å². The zero-order valence-corrected chi connectivity index (χ0v) is 12.4. The molecule has 2 N–H and O–H groups in total. The maximum Gasteiger partial charge on any atom is 0.329 e. The third-order valence-corrected chi connectivity index (χ3v) is 5.31. The summed E-state index contributed by atoms with van der Waals surface area (Å²) in [6, 6.07) is -0.603. The van der Waals surface area contributed by atoms with Gasteiger partial charge in [0, 0.05) is 42.5 Å². The number of hydrogen-bond acceptors (Lipinski definition) is 6. The Labute approximate surface area is 116 Å². The van der Waals surface area contributed by atoms with Gasteiger partial charge in [-0.15, -0.1) is 0 Å². The average molecular weight is 292 g/mol. The van der Waals surface area contributed by atoms with Crippen LogP contribution < -0.4 is 10.6 Å². The lowest BCUT2D eigenvalue weighted by Gasteiger charge is -2.22. The first-order valence-electron chi connectivity index (χ1n) is 5.88. The van der Waals surface area contributed by atoms with Crippen molar-refractivity contribution in [2.45, 2.75) is 18.2 Å². The molecular formula is C11H20N2O3S2. The highest BCUT2D eigenvalue weighted by Crippen LogP contribution is 2.23. The van der Waals surface area contributed by atoms with Crippen LogP contribution in [-0.4, -0.2) is 60.6 Å². The van der Waals surface area contributed by atoms with Crippen LogP contribution in [0.1, 0.15) is 6.92 Å². The normalized spacial score (nSPS) is 21.1. The molecule has 7 heteroatoms. The Morgan fingerprint density at radius 1 is 1.44 bits per heavy atom. The highest BCUT2D eigenvalue weighted by atomic mass is 32.2. The van der Waals surface area contributed by atoms with E-state index in [0.717, 1.165) is 12.3 Å². The van der Waals surface area contributed by atoms with Gasteiger partial charge in [0.1, 0.15) is 6.04 Å². The molecule has 0 aliphatic carbocycles. The molecule has 1 saturated heterocycles. The number of hydrogen-bond donors (Lipinski definition) is 2. The summed E-state index contributed by atoms with van der Waals surface area (Å²) in [6.07, 6.45) is 0. The average Bonchev–Trinajstić information content (AvgIpc) is 2.37. The minimum absolute atomic E-state index is 0.227. The van der Waals surface area contributed by atoms with Crippen LogP contribution >= 0.6 is 23.5 Å². The maximum atomic E-state index is 11.4. The van der Waals surface area contributed by atoms with E-state index >= 15 is 0 Å². The van der Waals surface area contributed by atoms with E-state index in [1.807, 2.05) is 23.5 Å². The monoisotopic (exact) mass is 292 g/mol. The van der Waals surface area contributed by atoms with Gasteiger partial charge in [-0.3, -0.25) is 4.79 Å². The molecule has 0 aromatic carbocycles. The van der Waals surface area contributed by atoms with Crippen molar-refractivity contribution in [3.05, 3.63) is 0 Å². The Bertz CT molecular complexity index is 283. The predicted octanol–water partition coefficient (Wildman–Crippen LogP) is 0.102. The second-order valence-electron chi connectivity index (χ2n) is 4.00. The number of methoxy groups -OCH3 is 1. The number of ether oxygens (including phenoxy) is 1. The molecule has 18 heavy (non-hydrogen) atoms. The summed E-state index contributed by atoms with van der Waals surface area (Å²) in [7, 11) is 1.32. The van der Waals surface area contributed by atoms with E-state index in [9.17, 15) is 9.59 Å². The second kappa shape index (κ2) is 8.66. The number of esters is 1. The molecule has 0 radical (unpaired) electrons. The second-order valence-corrected chi connectivity index (χ2v) is 6.56. The van der Waals surface area contributed by atoms with Crippen molar-refractivity contribution in [3.63, 3.8) is 0 Å². The fourth-order valence-electron chi connectivity index (χ4n) is 1.62. The fourth-order valence-corrected chi connectivity index (χ4v) is 4.27. The van der Waals surface area contributed by atoms with Crippen LogP contribution in [-0.2, 0) is 14.3 Å². The number of carbonyl (C=O) groups is 2. The number of nitrogens with one attached hydrogen (secondary N) is 2. The summed E-state index contributed by atoms with van der Waals surface area (Å²) < 4.78 is 4.65. The molecule has 0 spiro atoms. The van der Waals surface area contributed by atoms with Crippen molar-refractivity contribution in [3.8, 4) is 0 Å². The lowest BCUT2D eigenvalue weighted by molar-refractivity contribution is -0.144. The van der Waals surface area contributed by atoms with Gasteiger partial charge in [0.15, 0.2) is 0 Å². The lowest BCUT2D eigenvalue weighted by atomic mass is 10.3. The zero-order valence-electron chi connectivity index (χ0n) is 10.7. The van der Waals surface area contributed by atoms with Gasteiger partial charge in [-0.1, -0.05) is 0 Å². The van der Waals surface area contributed by atoms with Crippen LogP contribution in [0.25, 0.3) is 0 Å². The van der Waals surface area contributed by atoms with Gasteiger partial charge in [-0.25, -0.2) is 4.79 Å². The quantitative estimate of drug-likeness (QED) is 0.677. The van der Waals surface area contributed by atoms with Gasteiger partial charge >= 0.3 is 5.97 Å². The van der Waals surface area contributed by atoms with Gasteiger partial charge in [0.2, 0.25) is 5.91 Å². The largest absolute Gasteiger partial charge is 0.467 e. The number of thioether (sulfide) groups is 2. The Hall–Kier alpha value is -0.400. The summed E-state index contributed by atoms with van der Waals surface area (Å²) in [6.45, 7) is 2.66. The summed E-state index contributed by atoms with van der Waals surface area (Å²) >= 11 is 3.92. The van der Waals surface area contributed by atoms with E-state index in [2.05, 4.69) is 15.4 Å². The van der Waals surface area contributed by atoms with E-state index in [-0.39, 0.29) is 5.91 Å². The van der Waals surface area contributed by atoms with E-state index < -0.39 is 12.0 Å². The van der Waals surface area contributed by atoms with Crippen LogP contribution in [0.4, 0.5) is 0 Å². The van der Waals surface area contributed by atoms with E-state index in [0.29, 0.717) is 11.8 Å². The maximum absolute atomic E-state index is 11.4. The molecule has 2 unspecified atom stereocenters. The molecule has 1 aliphatic rings. The van der Waals surface area contributed by atoms with Crippen molar-refractivity contribution >= 4 is 35.4 Å². The van der Waals surface area contributed by atoms with Crippen molar-refractivity contribution in [1.82, 2.24) is 10.6 Å². The standard InChI is InChI=1S/C11H20N2O3S2/c1-8(14)13-10(11(15)16-2)6-12-5-9-7-17-3-4-18-9/h9-10,12H,3-7H2,1-2H3,(H,13,14). The predicted molar refractivity (Wildman–Crippen MR) is 76.1 cm³/mol. The summed E-state index contributed by atoms with van der Waals surface area (Å²) in [5.41, 5.74) is 0. The first-order valence-corrected chi connectivity index (χ1v) is 8.09. The molecule has 1 fully saturated rings. The highest BCUT2D eigenvalue weighted by molar-refractivity contribution is 8.06. The minimum atomic E-state index is -0.603. The summed E-state index contributed by atoms with van der Waals surface area (Å²) in [4.78, 5) is 22.4. The number of amides is 1. The molecule has 0 saturated carbocycles. The van der Waals surface area contributed by atoms with Gasteiger partial charge in [-0.2, -0.15) is 23.5 Å². The van der Waals surface area contributed by atoms with Gasteiger partial charge in [0.05, 0.1) is 7.11 Å².